The van der Waals surface area contributed by atoms with Gasteiger partial charge in [-0.25, -0.2) is 0 Å². The van der Waals surface area contributed by atoms with E-state index in [1.54, 1.807) is 6.34 Å². The molecule has 0 atom stereocenters. The number of hydrogen-bond acceptors (Lipinski definition) is 3. The quantitative estimate of drug-likeness (QED) is 0.470. The molecule has 2 N–H and O–H groups in total. The van der Waals surface area contributed by atoms with Crippen molar-refractivity contribution in [3.63, 3.8) is 0 Å². The van der Waals surface area contributed by atoms with Crippen molar-refractivity contribution in [1.82, 2.24) is 10.2 Å². The van der Waals surface area contributed by atoms with E-state index in [0.29, 0.717) is 6.04 Å². The SMILES string of the molecule is CN1CCC(N=CNC=N)CC1. The second kappa shape index (κ2) is 4.87. The molecule has 0 saturated carbocycles. The Morgan fingerprint density at radius 2 is 2.17 bits per heavy atom. The van der Waals surface area contributed by atoms with Crippen LogP contribution in [0.15, 0.2) is 4.99 Å². The summed E-state index contributed by atoms with van der Waals surface area (Å²) in [4.78, 5) is 6.61. The fraction of sp³-hybridized carbons (Fsp3) is 0.750. The van der Waals surface area contributed by atoms with Gasteiger partial charge in [0.05, 0.1) is 18.7 Å². The zero-order valence-electron chi connectivity index (χ0n) is 7.45. The Morgan fingerprint density at radius 3 is 2.75 bits per heavy atom. The molecule has 1 saturated heterocycles. The Balaban J connectivity index is 2.21. The maximum absolute atomic E-state index is 6.72. The minimum atomic E-state index is 0.452. The van der Waals surface area contributed by atoms with Crippen LogP contribution in [-0.4, -0.2) is 43.8 Å². The van der Waals surface area contributed by atoms with Crippen molar-refractivity contribution in [3.8, 4) is 0 Å². The molecule has 1 aliphatic heterocycles. The third-order valence-corrected chi connectivity index (χ3v) is 2.13. The summed E-state index contributed by atoms with van der Waals surface area (Å²) in [5, 5.41) is 9.36. The molecule has 0 unspecified atom stereocenters. The topological polar surface area (TPSA) is 51.5 Å². The van der Waals surface area contributed by atoms with Crippen molar-refractivity contribution < 1.29 is 0 Å². The first kappa shape index (κ1) is 9.19. The fourth-order valence-corrected chi connectivity index (χ4v) is 1.33. The Kier molecular flexibility index (Phi) is 3.73. The lowest BCUT2D eigenvalue weighted by molar-refractivity contribution is 0.257. The molecule has 0 amide bonds. The number of aliphatic imine (C=N–C) groups is 1. The average Bonchev–Trinajstić information content (AvgIpc) is 2.09. The summed E-state index contributed by atoms with van der Waals surface area (Å²) in [5.74, 6) is 0. The molecule has 0 aliphatic carbocycles. The Bertz CT molecular complexity index is 158. The lowest BCUT2D eigenvalue weighted by Crippen LogP contribution is -2.32. The van der Waals surface area contributed by atoms with Gasteiger partial charge in [-0.2, -0.15) is 0 Å². The van der Waals surface area contributed by atoms with E-state index in [9.17, 15) is 0 Å². The molecule has 0 radical (unpaired) electrons. The highest BCUT2D eigenvalue weighted by atomic mass is 15.1. The largest absolute Gasteiger partial charge is 0.338 e. The number of nitrogens with one attached hydrogen (secondary N) is 2. The predicted octanol–water partition coefficient (Wildman–Crippen LogP) is 0.306. The molecule has 0 spiro atoms. The molecule has 4 nitrogen and oxygen atoms in total. The Hall–Kier alpha value is -0.900. The molecular formula is C8H16N4. The Morgan fingerprint density at radius 1 is 1.50 bits per heavy atom. The van der Waals surface area contributed by atoms with E-state index in [-0.39, 0.29) is 0 Å². The first-order chi connectivity index (χ1) is 5.83. The molecule has 1 rings (SSSR count). The molecule has 0 aromatic rings. The number of rotatable bonds is 3. The first-order valence-corrected chi connectivity index (χ1v) is 4.28. The van der Waals surface area contributed by atoms with Crippen LogP contribution < -0.4 is 5.32 Å². The smallest absolute Gasteiger partial charge is 0.0878 e. The highest BCUT2D eigenvalue weighted by Gasteiger charge is 2.14. The van der Waals surface area contributed by atoms with Crippen molar-refractivity contribution in [2.75, 3.05) is 20.1 Å². The predicted molar refractivity (Wildman–Crippen MR) is 50.9 cm³/mol. The van der Waals surface area contributed by atoms with E-state index in [0.717, 1.165) is 32.3 Å². The van der Waals surface area contributed by atoms with Gasteiger partial charge in [0.15, 0.2) is 0 Å². The molecule has 1 heterocycles. The number of nitrogens with zero attached hydrogens (tertiary/aromatic N) is 2. The van der Waals surface area contributed by atoms with E-state index in [1.807, 2.05) is 0 Å². The summed E-state index contributed by atoms with van der Waals surface area (Å²) in [6, 6.07) is 0.452. The van der Waals surface area contributed by atoms with Crippen LogP contribution >= 0.6 is 0 Å². The zero-order valence-corrected chi connectivity index (χ0v) is 7.45. The summed E-state index contributed by atoms with van der Waals surface area (Å²) >= 11 is 0. The monoisotopic (exact) mass is 168 g/mol. The van der Waals surface area contributed by atoms with E-state index in [1.165, 1.54) is 0 Å². The maximum Gasteiger partial charge on any atom is 0.0878 e. The van der Waals surface area contributed by atoms with Crippen LogP contribution in [0.25, 0.3) is 0 Å². The van der Waals surface area contributed by atoms with Crippen LogP contribution in [0.5, 0.6) is 0 Å². The normalized spacial score (nSPS) is 21.4. The van der Waals surface area contributed by atoms with Crippen LogP contribution in [0.1, 0.15) is 12.8 Å². The van der Waals surface area contributed by atoms with Gasteiger partial charge in [-0.1, -0.05) is 0 Å². The minimum Gasteiger partial charge on any atom is -0.338 e. The van der Waals surface area contributed by atoms with E-state index in [4.69, 9.17) is 5.41 Å². The minimum absolute atomic E-state index is 0.452. The van der Waals surface area contributed by atoms with Crippen molar-refractivity contribution in [2.45, 2.75) is 18.9 Å². The van der Waals surface area contributed by atoms with Crippen molar-refractivity contribution in [3.05, 3.63) is 0 Å². The van der Waals surface area contributed by atoms with Crippen LogP contribution in [0.3, 0.4) is 0 Å². The summed E-state index contributed by atoms with van der Waals surface area (Å²) in [5.41, 5.74) is 0. The maximum atomic E-state index is 6.72. The van der Waals surface area contributed by atoms with Gasteiger partial charge in [0.2, 0.25) is 0 Å². The molecule has 0 aromatic heterocycles. The highest BCUT2D eigenvalue weighted by molar-refractivity contribution is 5.72. The van der Waals surface area contributed by atoms with Crippen molar-refractivity contribution in [1.29, 1.82) is 5.41 Å². The van der Waals surface area contributed by atoms with Gasteiger partial charge in [-0.15, -0.1) is 0 Å². The van der Waals surface area contributed by atoms with Gasteiger partial charge in [0.1, 0.15) is 0 Å². The average molecular weight is 168 g/mol. The van der Waals surface area contributed by atoms with Crippen LogP contribution in [0.4, 0.5) is 0 Å². The number of likely N-dealkylation sites (tertiary alicyclic amines) is 1. The van der Waals surface area contributed by atoms with E-state index < -0.39 is 0 Å². The number of hydrogen-bond donors (Lipinski definition) is 2. The van der Waals surface area contributed by atoms with Gasteiger partial charge < -0.3 is 10.2 Å². The third-order valence-electron chi connectivity index (χ3n) is 2.13. The Labute approximate surface area is 73.2 Å². The van der Waals surface area contributed by atoms with Crippen LogP contribution in [0.2, 0.25) is 0 Å². The molecule has 1 fully saturated rings. The van der Waals surface area contributed by atoms with E-state index in [2.05, 4.69) is 22.3 Å². The highest BCUT2D eigenvalue weighted by Crippen LogP contribution is 2.10. The van der Waals surface area contributed by atoms with Gasteiger partial charge >= 0.3 is 0 Å². The summed E-state index contributed by atoms with van der Waals surface area (Å²) in [6.07, 6.45) is 5.01. The van der Waals surface area contributed by atoms with E-state index >= 15 is 0 Å². The molecule has 0 aromatic carbocycles. The standard InChI is InChI=1S/C8H16N4/c1-12-4-2-8(3-5-12)11-7-10-6-9/h6-8H,2-5H2,1H3,(H2,9,10,11). The summed E-state index contributed by atoms with van der Waals surface area (Å²) < 4.78 is 0. The molecule has 68 valence electrons. The van der Waals surface area contributed by atoms with Crippen LogP contribution in [0, 0.1) is 5.41 Å². The molecule has 4 heteroatoms. The zero-order chi connectivity index (χ0) is 8.81. The molecule has 1 aliphatic rings. The third kappa shape index (κ3) is 3.00. The lowest BCUT2D eigenvalue weighted by Gasteiger charge is -2.26. The second-order valence-electron chi connectivity index (χ2n) is 3.12. The van der Waals surface area contributed by atoms with Gasteiger partial charge in [0, 0.05) is 0 Å². The van der Waals surface area contributed by atoms with Gasteiger partial charge in [0.25, 0.3) is 0 Å². The lowest BCUT2D eigenvalue weighted by atomic mass is 10.1. The number of piperidine rings is 1. The second-order valence-corrected chi connectivity index (χ2v) is 3.12. The first-order valence-electron chi connectivity index (χ1n) is 4.28. The van der Waals surface area contributed by atoms with Gasteiger partial charge in [-0.3, -0.25) is 10.4 Å². The van der Waals surface area contributed by atoms with Crippen LogP contribution in [-0.2, 0) is 0 Å². The summed E-state index contributed by atoms with van der Waals surface area (Å²) in [7, 11) is 2.13. The van der Waals surface area contributed by atoms with Gasteiger partial charge in [-0.05, 0) is 33.0 Å². The van der Waals surface area contributed by atoms with Crippen molar-refractivity contribution in [2.24, 2.45) is 4.99 Å². The van der Waals surface area contributed by atoms with Crippen molar-refractivity contribution >= 4 is 12.7 Å². The molecule has 12 heavy (non-hydrogen) atoms. The fourth-order valence-electron chi connectivity index (χ4n) is 1.33. The summed E-state index contributed by atoms with van der Waals surface area (Å²) in [6.45, 7) is 2.26. The molecule has 0 bridgehead atoms. The molecular weight excluding hydrogens is 152 g/mol.